The van der Waals surface area contributed by atoms with Gasteiger partial charge < -0.3 is 4.57 Å². The molecule has 2 aromatic carbocycles. The van der Waals surface area contributed by atoms with E-state index in [1.54, 1.807) is 16.7 Å². The second-order valence-corrected chi connectivity index (χ2v) is 9.48. The van der Waals surface area contributed by atoms with Crippen molar-refractivity contribution in [3.8, 4) is 0 Å². The molecule has 0 radical (unpaired) electrons. The Balaban J connectivity index is 2.23. The number of nitrogens with zero attached hydrogens (tertiary/aromatic N) is 3. The average Bonchev–Trinajstić information content (AvgIpc) is 2.97. The molecule has 3 aromatic rings. The van der Waals surface area contributed by atoms with Crippen molar-refractivity contribution in [1.29, 1.82) is 0 Å². The number of carbonyl (C=O) groups is 1. The number of thiazole rings is 1. The van der Waals surface area contributed by atoms with Crippen LogP contribution in [0.5, 0.6) is 0 Å². The molecule has 150 valence electrons. The standard InChI is InChI=1S/C18H14ClN3O5S2/c1-3-8-21-15-7-5-12(29(2,26)27)10-16(15)28-18(21)20-17(23)13-9-11(19)4-6-14(13)22(24)25/h3-7,9-10H,1,8H2,2H3. The van der Waals surface area contributed by atoms with Crippen LogP contribution in [-0.2, 0) is 16.4 Å². The summed E-state index contributed by atoms with van der Waals surface area (Å²) in [6, 6.07) is 8.25. The molecule has 0 saturated heterocycles. The minimum Gasteiger partial charge on any atom is -0.312 e. The number of amides is 1. The van der Waals surface area contributed by atoms with Gasteiger partial charge in [0.2, 0.25) is 0 Å². The van der Waals surface area contributed by atoms with E-state index in [0.29, 0.717) is 16.8 Å². The molecule has 0 unspecified atom stereocenters. The molecule has 0 aliphatic carbocycles. The number of hydrogen-bond donors (Lipinski definition) is 0. The maximum absolute atomic E-state index is 12.7. The molecule has 0 N–H and O–H groups in total. The first-order valence-corrected chi connectivity index (χ1v) is 11.2. The summed E-state index contributed by atoms with van der Waals surface area (Å²) in [5.41, 5.74) is 0.0234. The summed E-state index contributed by atoms with van der Waals surface area (Å²) in [7, 11) is -3.41. The molecular weight excluding hydrogens is 438 g/mol. The maximum Gasteiger partial charge on any atom is 0.286 e. The highest BCUT2D eigenvalue weighted by Gasteiger charge is 2.21. The van der Waals surface area contributed by atoms with Gasteiger partial charge in [0.25, 0.3) is 11.6 Å². The van der Waals surface area contributed by atoms with Gasteiger partial charge in [-0.3, -0.25) is 14.9 Å². The van der Waals surface area contributed by atoms with Gasteiger partial charge in [0.15, 0.2) is 14.6 Å². The van der Waals surface area contributed by atoms with Crippen molar-refractivity contribution in [2.75, 3.05) is 6.26 Å². The second kappa shape index (κ2) is 7.90. The molecule has 11 heteroatoms. The molecule has 1 amide bonds. The fourth-order valence-corrected chi connectivity index (χ4v) is 4.63. The Morgan fingerprint density at radius 2 is 2.07 bits per heavy atom. The second-order valence-electron chi connectivity index (χ2n) is 6.02. The van der Waals surface area contributed by atoms with Crippen molar-refractivity contribution in [3.05, 3.63) is 74.6 Å². The van der Waals surface area contributed by atoms with E-state index < -0.39 is 26.4 Å². The van der Waals surface area contributed by atoms with Crippen LogP contribution in [0.3, 0.4) is 0 Å². The van der Waals surface area contributed by atoms with E-state index in [0.717, 1.165) is 23.7 Å². The number of benzene rings is 2. The lowest BCUT2D eigenvalue weighted by molar-refractivity contribution is -0.385. The van der Waals surface area contributed by atoms with Crippen molar-refractivity contribution in [2.45, 2.75) is 11.4 Å². The number of halogens is 1. The first-order valence-electron chi connectivity index (χ1n) is 8.09. The van der Waals surface area contributed by atoms with E-state index in [1.165, 1.54) is 24.3 Å². The van der Waals surface area contributed by atoms with Gasteiger partial charge >= 0.3 is 0 Å². The number of nitro groups is 1. The summed E-state index contributed by atoms with van der Waals surface area (Å²) >= 11 is 6.98. The van der Waals surface area contributed by atoms with E-state index in [-0.39, 0.29) is 20.3 Å². The van der Waals surface area contributed by atoms with Crippen molar-refractivity contribution in [1.82, 2.24) is 4.57 Å². The normalized spacial score (nSPS) is 12.3. The SMILES string of the molecule is C=CCn1c(=NC(=O)c2cc(Cl)ccc2[N+](=O)[O-])sc2cc(S(C)(=O)=O)ccc21. The Hall–Kier alpha value is -2.82. The fourth-order valence-electron chi connectivity index (χ4n) is 2.66. The maximum atomic E-state index is 12.7. The molecule has 3 rings (SSSR count). The third-order valence-electron chi connectivity index (χ3n) is 3.98. The Bertz CT molecular complexity index is 1340. The highest BCUT2D eigenvalue weighted by atomic mass is 35.5. The zero-order chi connectivity index (χ0) is 21.3. The van der Waals surface area contributed by atoms with Gasteiger partial charge in [-0.15, -0.1) is 6.58 Å². The molecule has 0 saturated carbocycles. The van der Waals surface area contributed by atoms with Crippen molar-refractivity contribution in [3.63, 3.8) is 0 Å². The van der Waals surface area contributed by atoms with Gasteiger partial charge in [0.1, 0.15) is 5.56 Å². The predicted molar refractivity (Wildman–Crippen MR) is 111 cm³/mol. The first kappa shape index (κ1) is 20.9. The molecule has 1 heterocycles. The molecule has 0 aliphatic rings. The van der Waals surface area contributed by atoms with Crippen LogP contribution in [-0.4, -0.2) is 30.1 Å². The smallest absolute Gasteiger partial charge is 0.286 e. The van der Waals surface area contributed by atoms with E-state index in [1.807, 2.05) is 0 Å². The molecule has 0 bridgehead atoms. The van der Waals surface area contributed by atoms with Crippen LogP contribution in [0.4, 0.5) is 5.69 Å². The number of rotatable bonds is 5. The average molecular weight is 452 g/mol. The van der Waals surface area contributed by atoms with Crippen molar-refractivity contribution >= 4 is 54.6 Å². The van der Waals surface area contributed by atoms with E-state index in [9.17, 15) is 23.3 Å². The quantitative estimate of drug-likeness (QED) is 0.334. The number of allylic oxidation sites excluding steroid dienone is 1. The van der Waals surface area contributed by atoms with Gasteiger partial charge in [-0.2, -0.15) is 4.99 Å². The Morgan fingerprint density at radius 3 is 2.69 bits per heavy atom. The van der Waals surface area contributed by atoms with E-state index in [4.69, 9.17) is 11.6 Å². The van der Waals surface area contributed by atoms with Crippen LogP contribution in [0, 0.1) is 10.1 Å². The van der Waals surface area contributed by atoms with E-state index in [2.05, 4.69) is 11.6 Å². The molecule has 8 nitrogen and oxygen atoms in total. The molecule has 1 aromatic heterocycles. The van der Waals surface area contributed by atoms with Crippen LogP contribution >= 0.6 is 22.9 Å². The monoisotopic (exact) mass is 451 g/mol. The summed E-state index contributed by atoms with van der Waals surface area (Å²) in [5.74, 6) is -0.827. The topological polar surface area (TPSA) is 112 Å². The van der Waals surface area contributed by atoms with Gasteiger partial charge in [-0.1, -0.05) is 29.0 Å². The molecule has 0 atom stereocenters. The number of fused-ring (bicyclic) bond motifs is 1. The number of sulfone groups is 1. The van der Waals surface area contributed by atoms with Crippen LogP contribution in [0.15, 0.2) is 58.9 Å². The lowest BCUT2D eigenvalue weighted by Gasteiger charge is -2.03. The lowest BCUT2D eigenvalue weighted by atomic mass is 10.2. The summed E-state index contributed by atoms with van der Waals surface area (Å²) in [4.78, 5) is 27.7. The highest BCUT2D eigenvalue weighted by Crippen LogP contribution is 2.25. The van der Waals surface area contributed by atoms with Gasteiger partial charge in [0.05, 0.1) is 20.0 Å². The molecule has 0 spiro atoms. The summed E-state index contributed by atoms with van der Waals surface area (Å²) in [6.45, 7) is 3.99. The molecular formula is C18H14ClN3O5S2. The molecule has 29 heavy (non-hydrogen) atoms. The third kappa shape index (κ3) is 4.29. The van der Waals surface area contributed by atoms with Gasteiger partial charge in [-0.25, -0.2) is 8.42 Å². The zero-order valence-electron chi connectivity index (χ0n) is 15.0. The van der Waals surface area contributed by atoms with Crippen LogP contribution in [0.2, 0.25) is 5.02 Å². The van der Waals surface area contributed by atoms with E-state index >= 15 is 0 Å². The minimum absolute atomic E-state index is 0.139. The third-order valence-corrected chi connectivity index (χ3v) is 6.36. The van der Waals surface area contributed by atoms with Gasteiger partial charge in [0, 0.05) is 23.9 Å². The number of aromatic nitrogens is 1. The zero-order valence-corrected chi connectivity index (χ0v) is 17.4. The summed E-state index contributed by atoms with van der Waals surface area (Å²) < 4.78 is 25.9. The van der Waals surface area contributed by atoms with Crippen LogP contribution < -0.4 is 4.80 Å². The highest BCUT2D eigenvalue weighted by molar-refractivity contribution is 7.90. The van der Waals surface area contributed by atoms with Crippen molar-refractivity contribution in [2.24, 2.45) is 4.99 Å². The molecule has 0 aliphatic heterocycles. The minimum atomic E-state index is -3.41. The predicted octanol–water partition coefficient (Wildman–Crippen LogP) is 3.60. The Morgan fingerprint density at radius 1 is 1.34 bits per heavy atom. The first-order chi connectivity index (χ1) is 13.6. The van der Waals surface area contributed by atoms with Crippen molar-refractivity contribution < 1.29 is 18.1 Å². The Labute approximate surface area is 174 Å². The largest absolute Gasteiger partial charge is 0.312 e. The summed E-state index contributed by atoms with van der Waals surface area (Å²) in [5, 5.41) is 11.4. The number of carbonyl (C=O) groups excluding carboxylic acids is 1. The molecule has 0 fully saturated rings. The Kier molecular flexibility index (Phi) is 5.69. The van der Waals surface area contributed by atoms with Crippen LogP contribution in [0.1, 0.15) is 10.4 Å². The number of hydrogen-bond acceptors (Lipinski definition) is 6. The fraction of sp³-hybridized carbons (Fsp3) is 0.111. The van der Waals surface area contributed by atoms with Gasteiger partial charge in [-0.05, 0) is 30.3 Å². The van der Waals surface area contributed by atoms with Crippen LogP contribution in [0.25, 0.3) is 10.2 Å². The summed E-state index contributed by atoms with van der Waals surface area (Å²) in [6.07, 6.45) is 2.70. The lowest BCUT2D eigenvalue weighted by Crippen LogP contribution is -2.16. The number of nitro benzene ring substituents is 1.